The molecule has 1 fully saturated rings. The van der Waals surface area contributed by atoms with Gasteiger partial charge in [-0.2, -0.15) is 13.2 Å². The zero-order valence-electron chi connectivity index (χ0n) is 11.4. The molecule has 0 bridgehead atoms. The summed E-state index contributed by atoms with van der Waals surface area (Å²) in [4.78, 5) is 11.9. The largest absolute Gasteiger partial charge is 0.416 e. The predicted molar refractivity (Wildman–Crippen MR) is 68.8 cm³/mol. The van der Waals surface area contributed by atoms with Crippen LogP contribution >= 0.6 is 0 Å². The molecule has 1 atom stereocenters. The second-order valence-electron chi connectivity index (χ2n) is 5.04. The van der Waals surface area contributed by atoms with Gasteiger partial charge in [-0.1, -0.05) is 0 Å². The lowest BCUT2D eigenvalue weighted by molar-refractivity contribution is -0.137. The second kappa shape index (κ2) is 5.56. The van der Waals surface area contributed by atoms with Crippen molar-refractivity contribution in [2.75, 3.05) is 13.2 Å². The van der Waals surface area contributed by atoms with Crippen molar-refractivity contribution in [3.8, 4) is 0 Å². The van der Waals surface area contributed by atoms with Gasteiger partial charge in [-0.05, 0) is 18.6 Å². The first kappa shape index (κ1) is 14.8. The van der Waals surface area contributed by atoms with Crippen molar-refractivity contribution < 1.29 is 22.7 Å². The van der Waals surface area contributed by atoms with Gasteiger partial charge in [0.1, 0.15) is 0 Å². The maximum Gasteiger partial charge on any atom is 0.416 e. The normalized spacial score (nSPS) is 18.8. The Hall–Kier alpha value is -2.16. The third-order valence-electron chi connectivity index (χ3n) is 3.53. The molecule has 118 valence electrons. The molecular weight excluding hydrogens is 301 g/mol. The SMILES string of the molecule is O=C(NCc1nnc2cc(C(F)(F)F)ccn12)[C@H]1CCOC1. The van der Waals surface area contributed by atoms with Crippen molar-refractivity contribution in [3.63, 3.8) is 0 Å². The average Bonchev–Trinajstić information content (AvgIpc) is 3.13. The van der Waals surface area contributed by atoms with Crippen LogP contribution in [0.5, 0.6) is 0 Å². The molecule has 0 unspecified atom stereocenters. The van der Waals surface area contributed by atoms with Gasteiger partial charge >= 0.3 is 6.18 Å². The van der Waals surface area contributed by atoms with Crippen LogP contribution in [0.15, 0.2) is 18.3 Å². The molecule has 0 saturated carbocycles. The van der Waals surface area contributed by atoms with Gasteiger partial charge in [-0.25, -0.2) is 0 Å². The van der Waals surface area contributed by atoms with Crippen LogP contribution in [0.4, 0.5) is 13.2 Å². The number of halogens is 3. The number of ether oxygens (including phenoxy) is 1. The maximum atomic E-state index is 12.6. The summed E-state index contributed by atoms with van der Waals surface area (Å²) in [6.07, 6.45) is -2.51. The van der Waals surface area contributed by atoms with Crippen LogP contribution in [0.25, 0.3) is 5.65 Å². The van der Waals surface area contributed by atoms with Gasteiger partial charge in [0.05, 0.1) is 24.6 Å². The van der Waals surface area contributed by atoms with Gasteiger partial charge in [-0.15, -0.1) is 10.2 Å². The lowest BCUT2D eigenvalue weighted by Crippen LogP contribution is -2.31. The Morgan fingerprint density at radius 3 is 2.95 bits per heavy atom. The predicted octanol–water partition coefficient (Wildman–Crippen LogP) is 1.40. The minimum absolute atomic E-state index is 0.0864. The molecule has 0 radical (unpaired) electrons. The zero-order chi connectivity index (χ0) is 15.7. The molecule has 6 nitrogen and oxygen atoms in total. The van der Waals surface area contributed by atoms with Gasteiger partial charge in [0.25, 0.3) is 0 Å². The standard InChI is InChI=1S/C13H13F3N4O2/c14-13(15,16)9-1-3-20-10(5-9)18-19-11(20)6-17-12(21)8-2-4-22-7-8/h1,3,5,8H,2,4,6-7H2,(H,17,21)/t8-/m0/s1. The third kappa shape index (κ3) is 2.89. The van der Waals surface area contributed by atoms with E-state index in [0.29, 0.717) is 25.5 Å². The minimum atomic E-state index is -4.43. The molecule has 3 heterocycles. The molecular formula is C13H13F3N4O2. The summed E-state index contributed by atoms with van der Waals surface area (Å²) in [6, 6.07) is 1.87. The fourth-order valence-electron chi connectivity index (χ4n) is 2.29. The molecule has 0 aromatic carbocycles. The number of alkyl halides is 3. The van der Waals surface area contributed by atoms with Crippen molar-refractivity contribution in [1.29, 1.82) is 0 Å². The Bertz CT molecular complexity index is 692. The van der Waals surface area contributed by atoms with Crippen LogP contribution in [0.3, 0.4) is 0 Å². The molecule has 1 amide bonds. The average molecular weight is 314 g/mol. The van der Waals surface area contributed by atoms with Crippen LogP contribution in [0.1, 0.15) is 17.8 Å². The van der Waals surface area contributed by atoms with Crippen molar-refractivity contribution in [2.24, 2.45) is 5.92 Å². The van der Waals surface area contributed by atoms with Gasteiger partial charge in [0.15, 0.2) is 11.5 Å². The van der Waals surface area contributed by atoms with Gasteiger partial charge < -0.3 is 10.1 Å². The van der Waals surface area contributed by atoms with Crippen molar-refractivity contribution in [3.05, 3.63) is 29.7 Å². The quantitative estimate of drug-likeness (QED) is 0.930. The fraction of sp³-hybridized carbons (Fsp3) is 0.462. The highest BCUT2D eigenvalue weighted by Gasteiger charge is 2.31. The van der Waals surface area contributed by atoms with E-state index in [1.807, 2.05) is 0 Å². The Kier molecular flexibility index (Phi) is 3.73. The smallest absolute Gasteiger partial charge is 0.381 e. The van der Waals surface area contributed by atoms with E-state index in [2.05, 4.69) is 15.5 Å². The maximum absolute atomic E-state index is 12.6. The third-order valence-corrected chi connectivity index (χ3v) is 3.53. The highest BCUT2D eigenvalue weighted by atomic mass is 19.4. The highest BCUT2D eigenvalue weighted by Crippen LogP contribution is 2.29. The minimum Gasteiger partial charge on any atom is -0.381 e. The molecule has 2 aromatic rings. The van der Waals surface area contributed by atoms with Crippen molar-refractivity contribution in [1.82, 2.24) is 19.9 Å². The van der Waals surface area contributed by atoms with Crippen LogP contribution < -0.4 is 5.32 Å². The number of nitrogens with one attached hydrogen (secondary N) is 1. The summed E-state index contributed by atoms with van der Waals surface area (Å²) in [5.41, 5.74) is -0.700. The van der Waals surface area contributed by atoms with Gasteiger partial charge in [0, 0.05) is 12.8 Å². The molecule has 3 rings (SSSR count). The number of rotatable bonds is 3. The number of pyridine rings is 1. The van der Waals surface area contributed by atoms with Crippen LogP contribution in [-0.2, 0) is 22.3 Å². The number of aromatic nitrogens is 3. The van der Waals surface area contributed by atoms with E-state index in [1.54, 1.807) is 0 Å². The number of fused-ring (bicyclic) bond motifs is 1. The van der Waals surface area contributed by atoms with E-state index in [-0.39, 0.29) is 24.0 Å². The van der Waals surface area contributed by atoms with E-state index in [4.69, 9.17) is 4.74 Å². The zero-order valence-corrected chi connectivity index (χ0v) is 11.4. The molecule has 0 aliphatic carbocycles. The molecule has 0 spiro atoms. The van der Waals surface area contributed by atoms with Gasteiger partial charge in [-0.3, -0.25) is 9.20 Å². The number of carbonyl (C=O) groups is 1. The monoisotopic (exact) mass is 314 g/mol. The Morgan fingerprint density at radius 2 is 2.27 bits per heavy atom. The Labute approximate surface area is 123 Å². The highest BCUT2D eigenvalue weighted by molar-refractivity contribution is 5.78. The number of hydrogen-bond acceptors (Lipinski definition) is 4. The van der Waals surface area contributed by atoms with Crippen molar-refractivity contribution in [2.45, 2.75) is 19.1 Å². The summed E-state index contributed by atoms with van der Waals surface area (Å²) in [5.74, 6) is 0.0353. The first-order valence-electron chi connectivity index (χ1n) is 6.71. The molecule has 1 N–H and O–H groups in total. The first-order chi connectivity index (χ1) is 10.4. The molecule has 1 saturated heterocycles. The molecule has 2 aromatic heterocycles. The first-order valence-corrected chi connectivity index (χ1v) is 6.71. The topological polar surface area (TPSA) is 68.5 Å². The van der Waals surface area contributed by atoms with E-state index in [1.165, 1.54) is 10.6 Å². The lowest BCUT2D eigenvalue weighted by Gasteiger charge is -2.09. The fourth-order valence-corrected chi connectivity index (χ4v) is 2.29. The summed E-state index contributed by atoms with van der Waals surface area (Å²) < 4.78 is 44.4. The number of carbonyl (C=O) groups excluding carboxylic acids is 1. The summed E-state index contributed by atoms with van der Waals surface area (Å²) >= 11 is 0. The Morgan fingerprint density at radius 1 is 1.45 bits per heavy atom. The van der Waals surface area contributed by atoms with Crippen molar-refractivity contribution >= 4 is 11.6 Å². The van der Waals surface area contributed by atoms with E-state index in [9.17, 15) is 18.0 Å². The molecule has 1 aliphatic heterocycles. The Balaban J connectivity index is 1.73. The summed E-state index contributed by atoms with van der Waals surface area (Å²) in [7, 11) is 0. The number of hydrogen-bond donors (Lipinski definition) is 1. The molecule has 1 aliphatic rings. The van der Waals surface area contributed by atoms with Crippen LogP contribution in [-0.4, -0.2) is 33.7 Å². The molecule has 22 heavy (non-hydrogen) atoms. The van der Waals surface area contributed by atoms with E-state index < -0.39 is 11.7 Å². The lowest BCUT2D eigenvalue weighted by atomic mass is 10.1. The second-order valence-corrected chi connectivity index (χ2v) is 5.04. The summed E-state index contributed by atoms with van der Waals surface area (Å²) in [5, 5.41) is 10.2. The van der Waals surface area contributed by atoms with E-state index in [0.717, 1.165) is 12.1 Å². The van der Waals surface area contributed by atoms with E-state index >= 15 is 0 Å². The summed E-state index contributed by atoms with van der Waals surface area (Å²) in [6.45, 7) is 1.05. The number of nitrogens with zero attached hydrogens (tertiary/aromatic N) is 3. The van der Waals surface area contributed by atoms with Crippen LogP contribution in [0, 0.1) is 5.92 Å². The van der Waals surface area contributed by atoms with Gasteiger partial charge in [0.2, 0.25) is 5.91 Å². The van der Waals surface area contributed by atoms with Crippen LogP contribution in [0.2, 0.25) is 0 Å². The number of amides is 1. The molecule has 9 heteroatoms.